The highest BCUT2D eigenvalue weighted by Gasteiger charge is 2.18. The standard InChI is InChI=1S/C14H20ClN3O2/c1-5-18(6-2)13(19)9-17(4)14(20)11-7-10(3)16-12(15)8-11/h7-8H,5-6,9H2,1-4H3. The van der Waals surface area contributed by atoms with Crippen molar-refractivity contribution in [3.05, 3.63) is 28.5 Å². The Kier molecular flexibility index (Phi) is 5.95. The maximum Gasteiger partial charge on any atom is 0.254 e. The average molecular weight is 298 g/mol. The number of hydrogen-bond acceptors (Lipinski definition) is 3. The summed E-state index contributed by atoms with van der Waals surface area (Å²) >= 11 is 5.84. The number of amides is 2. The van der Waals surface area contributed by atoms with Gasteiger partial charge >= 0.3 is 0 Å². The number of carbonyl (C=O) groups excluding carboxylic acids is 2. The van der Waals surface area contributed by atoms with Crippen molar-refractivity contribution in [2.75, 3.05) is 26.7 Å². The topological polar surface area (TPSA) is 53.5 Å². The summed E-state index contributed by atoms with van der Waals surface area (Å²) in [6.45, 7) is 6.92. The summed E-state index contributed by atoms with van der Waals surface area (Å²) in [6.07, 6.45) is 0. The number of carbonyl (C=O) groups is 2. The highest BCUT2D eigenvalue weighted by molar-refractivity contribution is 6.29. The van der Waals surface area contributed by atoms with Gasteiger partial charge < -0.3 is 9.80 Å². The van der Waals surface area contributed by atoms with Crippen LogP contribution in [0.3, 0.4) is 0 Å². The van der Waals surface area contributed by atoms with Gasteiger partial charge in [-0.05, 0) is 32.9 Å². The first kappa shape index (κ1) is 16.4. The predicted octanol–water partition coefficient (Wildman–Crippen LogP) is 1.98. The van der Waals surface area contributed by atoms with Crippen molar-refractivity contribution in [3.63, 3.8) is 0 Å². The van der Waals surface area contributed by atoms with Gasteiger partial charge in [0.25, 0.3) is 5.91 Å². The molecule has 0 aromatic carbocycles. The minimum absolute atomic E-state index is 0.0551. The van der Waals surface area contributed by atoms with Crippen LogP contribution in [0.4, 0.5) is 0 Å². The first-order valence-corrected chi connectivity index (χ1v) is 6.94. The third-order valence-corrected chi connectivity index (χ3v) is 3.20. The Balaban J connectivity index is 2.79. The fraction of sp³-hybridized carbons (Fsp3) is 0.500. The molecule has 1 aromatic rings. The van der Waals surface area contributed by atoms with E-state index in [2.05, 4.69) is 4.98 Å². The molecule has 110 valence electrons. The number of aromatic nitrogens is 1. The molecule has 1 rings (SSSR count). The van der Waals surface area contributed by atoms with Crippen LogP contribution < -0.4 is 0 Å². The molecule has 1 heterocycles. The SMILES string of the molecule is CCN(CC)C(=O)CN(C)C(=O)c1cc(C)nc(Cl)c1. The summed E-state index contributed by atoms with van der Waals surface area (Å²) in [5.41, 5.74) is 1.11. The lowest BCUT2D eigenvalue weighted by molar-refractivity contribution is -0.131. The van der Waals surface area contributed by atoms with Crippen LogP contribution in [0, 0.1) is 6.92 Å². The molecule has 1 aromatic heterocycles. The molecule has 0 radical (unpaired) electrons. The third-order valence-electron chi connectivity index (χ3n) is 3.00. The largest absolute Gasteiger partial charge is 0.342 e. The van der Waals surface area contributed by atoms with E-state index in [1.165, 1.54) is 11.0 Å². The molecule has 0 aliphatic heterocycles. The molecule has 5 nitrogen and oxygen atoms in total. The van der Waals surface area contributed by atoms with Gasteiger partial charge in [0, 0.05) is 31.4 Å². The lowest BCUT2D eigenvalue weighted by atomic mass is 10.2. The van der Waals surface area contributed by atoms with Gasteiger partial charge in [-0.3, -0.25) is 9.59 Å². The molecule has 0 aliphatic rings. The Morgan fingerprint density at radius 3 is 2.35 bits per heavy atom. The summed E-state index contributed by atoms with van der Waals surface area (Å²) in [5.74, 6) is -0.305. The molecule has 6 heteroatoms. The van der Waals surface area contributed by atoms with E-state index in [-0.39, 0.29) is 23.5 Å². The van der Waals surface area contributed by atoms with Crippen molar-refractivity contribution >= 4 is 23.4 Å². The Morgan fingerprint density at radius 2 is 1.85 bits per heavy atom. The van der Waals surface area contributed by atoms with E-state index in [1.54, 1.807) is 24.9 Å². The molecule has 0 unspecified atom stereocenters. The fourth-order valence-electron chi connectivity index (χ4n) is 1.92. The second-order valence-electron chi connectivity index (χ2n) is 4.55. The zero-order valence-electron chi connectivity index (χ0n) is 12.3. The first-order valence-electron chi connectivity index (χ1n) is 6.56. The minimum Gasteiger partial charge on any atom is -0.342 e. The maximum absolute atomic E-state index is 12.3. The van der Waals surface area contributed by atoms with Crippen LogP contribution in [0.15, 0.2) is 12.1 Å². The smallest absolute Gasteiger partial charge is 0.254 e. The molecule has 0 bridgehead atoms. The van der Waals surface area contributed by atoms with E-state index in [9.17, 15) is 9.59 Å². The maximum atomic E-state index is 12.3. The van der Waals surface area contributed by atoms with Crippen LogP contribution in [0.1, 0.15) is 29.9 Å². The Bertz CT molecular complexity index is 481. The van der Waals surface area contributed by atoms with E-state index in [1.807, 2.05) is 13.8 Å². The number of nitrogens with zero attached hydrogens (tertiary/aromatic N) is 3. The molecule has 0 fully saturated rings. The van der Waals surface area contributed by atoms with Crippen molar-refractivity contribution in [1.82, 2.24) is 14.8 Å². The molecule has 0 N–H and O–H groups in total. The van der Waals surface area contributed by atoms with Gasteiger partial charge in [0.05, 0.1) is 6.54 Å². The van der Waals surface area contributed by atoms with Gasteiger partial charge in [-0.1, -0.05) is 11.6 Å². The molecule has 20 heavy (non-hydrogen) atoms. The zero-order chi connectivity index (χ0) is 15.3. The molecule has 0 spiro atoms. The highest BCUT2D eigenvalue weighted by atomic mass is 35.5. The second-order valence-corrected chi connectivity index (χ2v) is 4.93. The van der Waals surface area contributed by atoms with Crippen molar-refractivity contribution in [2.24, 2.45) is 0 Å². The molecular formula is C14H20ClN3O2. The van der Waals surface area contributed by atoms with Crippen molar-refractivity contribution in [2.45, 2.75) is 20.8 Å². The minimum atomic E-state index is -0.238. The summed E-state index contributed by atoms with van der Waals surface area (Å²) in [6, 6.07) is 3.17. The van der Waals surface area contributed by atoms with E-state index in [4.69, 9.17) is 11.6 Å². The Hall–Kier alpha value is -1.62. The van der Waals surface area contributed by atoms with Crippen LogP contribution in [-0.4, -0.2) is 53.3 Å². The van der Waals surface area contributed by atoms with Crippen molar-refractivity contribution in [1.29, 1.82) is 0 Å². The second kappa shape index (κ2) is 7.24. The van der Waals surface area contributed by atoms with Gasteiger partial charge in [-0.2, -0.15) is 0 Å². The molecule has 2 amide bonds. The van der Waals surface area contributed by atoms with Gasteiger partial charge in [0.2, 0.25) is 5.91 Å². The summed E-state index contributed by atoms with van der Waals surface area (Å²) in [5, 5.41) is 0.275. The van der Waals surface area contributed by atoms with Crippen LogP contribution in [0.2, 0.25) is 5.15 Å². The molecular weight excluding hydrogens is 278 g/mol. The first-order chi connectivity index (χ1) is 9.38. The lowest BCUT2D eigenvalue weighted by Crippen LogP contribution is -2.41. The zero-order valence-corrected chi connectivity index (χ0v) is 13.1. The number of pyridine rings is 1. The number of aryl methyl sites for hydroxylation is 1. The Labute approximate surface area is 124 Å². The quantitative estimate of drug-likeness (QED) is 0.781. The van der Waals surface area contributed by atoms with Gasteiger partial charge in [0.1, 0.15) is 5.15 Å². The number of rotatable bonds is 5. The van der Waals surface area contributed by atoms with Gasteiger partial charge in [-0.15, -0.1) is 0 Å². The number of halogens is 1. The van der Waals surface area contributed by atoms with E-state index in [0.29, 0.717) is 24.3 Å². The van der Waals surface area contributed by atoms with Crippen LogP contribution in [0.25, 0.3) is 0 Å². The van der Waals surface area contributed by atoms with Crippen LogP contribution >= 0.6 is 11.6 Å². The van der Waals surface area contributed by atoms with Crippen molar-refractivity contribution < 1.29 is 9.59 Å². The normalized spacial score (nSPS) is 10.2. The molecule has 0 aliphatic carbocycles. The van der Waals surface area contributed by atoms with E-state index >= 15 is 0 Å². The third kappa shape index (κ3) is 4.20. The highest BCUT2D eigenvalue weighted by Crippen LogP contribution is 2.12. The molecule has 0 saturated heterocycles. The van der Waals surface area contributed by atoms with E-state index in [0.717, 1.165) is 0 Å². The van der Waals surface area contributed by atoms with Crippen molar-refractivity contribution in [3.8, 4) is 0 Å². The number of hydrogen-bond donors (Lipinski definition) is 0. The van der Waals surface area contributed by atoms with Gasteiger partial charge in [0.15, 0.2) is 0 Å². The molecule has 0 atom stereocenters. The number of likely N-dealkylation sites (N-methyl/N-ethyl adjacent to an activating group) is 2. The summed E-state index contributed by atoms with van der Waals surface area (Å²) in [7, 11) is 1.60. The summed E-state index contributed by atoms with van der Waals surface area (Å²) < 4.78 is 0. The van der Waals surface area contributed by atoms with E-state index < -0.39 is 0 Å². The van der Waals surface area contributed by atoms with Crippen LogP contribution in [0.5, 0.6) is 0 Å². The predicted molar refractivity (Wildman–Crippen MR) is 78.9 cm³/mol. The lowest BCUT2D eigenvalue weighted by Gasteiger charge is -2.23. The van der Waals surface area contributed by atoms with Gasteiger partial charge in [-0.25, -0.2) is 4.98 Å². The Morgan fingerprint density at radius 1 is 1.25 bits per heavy atom. The van der Waals surface area contributed by atoms with Crippen LogP contribution in [-0.2, 0) is 4.79 Å². The summed E-state index contributed by atoms with van der Waals surface area (Å²) in [4.78, 5) is 31.3. The average Bonchev–Trinajstić information content (AvgIpc) is 2.37. The molecule has 0 saturated carbocycles. The fourth-order valence-corrected chi connectivity index (χ4v) is 2.17. The monoisotopic (exact) mass is 297 g/mol.